The molecule has 0 unspecified atom stereocenters. The predicted octanol–water partition coefficient (Wildman–Crippen LogP) is 7.83. The molecule has 5 nitrogen and oxygen atoms in total. The van der Waals surface area contributed by atoms with E-state index in [4.69, 9.17) is 4.74 Å². The van der Waals surface area contributed by atoms with Crippen molar-refractivity contribution in [2.24, 2.45) is 10.8 Å². The van der Waals surface area contributed by atoms with E-state index in [2.05, 4.69) is 30.1 Å². The van der Waals surface area contributed by atoms with Crippen molar-refractivity contribution < 1.29 is 18.7 Å². The van der Waals surface area contributed by atoms with Crippen LogP contribution in [0, 0.1) is 10.8 Å². The van der Waals surface area contributed by atoms with Gasteiger partial charge in [-0.1, -0.05) is 34.6 Å². The van der Waals surface area contributed by atoms with Gasteiger partial charge < -0.3 is 15.0 Å². The number of carbonyl (C=O) groups excluding carboxylic acids is 2. The third-order valence-electron chi connectivity index (χ3n) is 6.59. The molecule has 1 aliphatic heterocycles. The molecule has 1 heterocycles. The highest BCUT2D eigenvalue weighted by molar-refractivity contribution is 7.99. The molecule has 0 radical (unpaired) electrons. The van der Waals surface area contributed by atoms with Crippen molar-refractivity contribution in [2.45, 2.75) is 57.3 Å². The topological polar surface area (TPSA) is 58.6 Å². The standard InChI is InChI=1S/C28H35FN2O3S2/c1-7-28(8-2)17-31(21-11-9-20(10-12-21)30-26(33)27(3,4)5)22-13-25(35-6)23(14-24(22)36-18-28)34-16-19(29)15-32/h9-16H,7-8,17-18H2,1-6H3,(H,30,33)/b19-16-. The Morgan fingerprint density at radius 1 is 1.22 bits per heavy atom. The number of aldehydes is 1. The Labute approximate surface area is 222 Å². The Morgan fingerprint density at radius 3 is 2.44 bits per heavy atom. The van der Waals surface area contributed by atoms with Crippen molar-refractivity contribution in [2.75, 3.05) is 28.8 Å². The van der Waals surface area contributed by atoms with E-state index in [1.807, 2.05) is 57.4 Å². The number of allylic oxidation sites excluding steroid dienone is 1. The minimum Gasteiger partial charge on any atom is -0.461 e. The lowest BCUT2D eigenvalue weighted by atomic mass is 9.83. The maximum absolute atomic E-state index is 13.4. The van der Waals surface area contributed by atoms with Gasteiger partial charge in [0.2, 0.25) is 5.91 Å². The van der Waals surface area contributed by atoms with Gasteiger partial charge in [-0.05, 0) is 60.9 Å². The van der Waals surface area contributed by atoms with Crippen LogP contribution in [0.15, 0.2) is 58.3 Å². The number of anilines is 3. The zero-order valence-electron chi connectivity index (χ0n) is 21.8. The molecule has 0 fully saturated rings. The molecule has 1 N–H and O–H groups in total. The van der Waals surface area contributed by atoms with Gasteiger partial charge in [-0.3, -0.25) is 9.59 Å². The second kappa shape index (κ2) is 11.7. The molecule has 0 saturated carbocycles. The Bertz CT molecular complexity index is 1120. The third kappa shape index (κ3) is 6.45. The molecule has 0 aliphatic carbocycles. The molecule has 1 amide bonds. The summed E-state index contributed by atoms with van der Waals surface area (Å²) in [7, 11) is 0. The number of nitrogens with zero attached hydrogens (tertiary/aromatic N) is 1. The molecule has 36 heavy (non-hydrogen) atoms. The summed E-state index contributed by atoms with van der Waals surface area (Å²) in [5, 5.41) is 2.99. The second-order valence-corrected chi connectivity index (χ2v) is 11.9. The van der Waals surface area contributed by atoms with Crippen LogP contribution in [0.25, 0.3) is 0 Å². The SMILES string of the molecule is CCC1(CC)CSc2cc(O/C=C(\F)C=O)c(SC)cc2N(c2ccc(NC(=O)C(C)(C)C)cc2)C1. The first-order chi connectivity index (χ1) is 17.1. The van der Waals surface area contributed by atoms with Gasteiger partial charge in [0.25, 0.3) is 0 Å². The van der Waals surface area contributed by atoms with Gasteiger partial charge in [0.15, 0.2) is 12.1 Å². The highest BCUT2D eigenvalue weighted by Gasteiger charge is 2.34. The smallest absolute Gasteiger partial charge is 0.229 e. The fourth-order valence-corrected chi connectivity index (χ4v) is 5.91. The lowest BCUT2D eigenvalue weighted by Gasteiger charge is -2.36. The Balaban J connectivity index is 2.04. The lowest BCUT2D eigenvalue weighted by Crippen LogP contribution is -2.35. The molecular weight excluding hydrogens is 495 g/mol. The number of benzene rings is 2. The van der Waals surface area contributed by atoms with Gasteiger partial charge in [-0.2, -0.15) is 4.39 Å². The summed E-state index contributed by atoms with van der Waals surface area (Å²) in [6.45, 7) is 11.0. The number of nitrogens with one attached hydrogen (secondary N) is 1. The van der Waals surface area contributed by atoms with Crippen molar-refractivity contribution >= 4 is 52.8 Å². The first kappa shape index (κ1) is 28.1. The van der Waals surface area contributed by atoms with E-state index in [0.29, 0.717) is 5.75 Å². The van der Waals surface area contributed by atoms with E-state index in [9.17, 15) is 14.0 Å². The zero-order valence-corrected chi connectivity index (χ0v) is 23.4. The maximum Gasteiger partial charge on any atom is 0.229 e. The maximum atomic E-state index is 13.4. The zero-order chi connectivity index (χ0) is 26.5. The molecule has 8 heteroatoms. The number of carbonyl (C=O) groups is 2. The van der Waals surface area contributed by atoms with Gasteiger partial charge in [-0.15, -0.1) is 23.5 Å². The summed E-state index contributed by atoms with van der Waals surface area (Å²) < 4.78 is 19.0. The van der Waals surface area contributed by atoms with Gasteiger partial charge >= 0.3 is 0 Å². The van der Waals surface area contributed by atoms with Crippen molar-refractivity contribution in [3.8, 4) is 5.75 Å². The number of hydrogen-bond donors (Lipinski definition) is 1. The van der Waals surface area contributed by atoms with Gasteiger partial charge in [0.1, 0.15) is 12.0 Å². The molecule has 2 aromatic rings. The van der Waals surface area contributed by atoms with Crippen LogP contribution in [0.4, 0.5) is 21.5 Å². The molecule has 0 spiro atoms. The highest BCUT2D eigenvalue weighted by Crippen LogP contribution is 2.49. The van der Waals surface area contributed by atoms with E-state index in [0.717, 1.165) is 58.3 Å². The van der Waals surface area contributed by atoms with E-state index >= 15 is 0 Å². The molecule has 0 atom stereocenters. The summed E-state index contributed by atoms with van der Waals surface area (Å²) in [4.78, 5) is 27.3. The third-order valence-corrected chi connectivity index (χ3v) is 8.75. The quantitative estimate of drug-likeness (QED) is 0.162. The van der Waals surface area contributed by atoms with Crippen LogP contribution in [0.1, 0.15) is 47.5 Å². The fraction of sp³-hybridized carbons (Fsp3) is 0.429. The van der Waals surface area contributed by atoms with Crippen LogP contribution in [0.3, 0.4) is 0 Å². The second-order valence-electron chi connectivity index (χ2n) is 10.0. The van der Waals surface area contributed by atoms with Gasteiger partial charge in [0, 0.05) is 34.0 Å². The first-order valence-corrected chi connectivity index (χ1v) is 14.3. The largest absolute Gasteiger partial charge is 0.461 e. The van der Waals surface area contributed by atoms with Crippen LogP contribution in [0.2, 0.25) is 0 Å². The summed E-state index contributed by atoms with van der Waals surface area (Å²) in [6.07, 6.45) is 4.99. The van der Waals surface area contributed by atoms with Crippen LogP contribution < -0.4 is 15.0 Å². The summed E-state index contributed by atoms with van der Waals surface area (Å²) in [5.74, 6) is 0.479. The average molecular weight is 531 g/mol. The number of fused-ring (bicyclic) bond motifs is 1. The molecular formula is C28H35FN2O3S2. The molecule has 3 rings (SSSR count). The Hall–Kier alpha value is -2.45. The van der Waals surface area contributed by atoms with E-state index in [-0.39, 0.29) is 17.6 Å². The first-order valence-electron chi connectivity index (χ1n) is 12.1. The predicted molar refractivity (Wildman–Crippen MR) is 149 cm³/mol. The molecule has 194 valence electrons. The minimum absolute atomic E-state index is 0.0278. The number of thioether (sulfide) groups is 2. The molecule has 1 aliphatic rings. The number of halogens is 1. The minimum atomic E-state index is -0.958. The Morgan fingerprint density at radius 2 is 1.89 bits per heavy atom. The molecule has 2 aromatic carbocycles. The van der Waals surface area contributed by atoms with Crippen LogP contribution in [0.5, 0.6) is 5.75 Å². The summed E-state index contributed by atoms with van der Waals surface area (Å²) in [5.41, 5.74) is 2.49. The highest BCUT2D eigenvalue weighted by atomic mass is 32.2. The Kier molecular flexibility index (Phi) is 9.17. The monoisotopic (exact) mass is 530 g/mol. The molecule has 0 saturated heterocycles. The van der Waals surface area contributed by atoms with E-state index in [1.165, 1.54) is 11.8 Å². The summed E-state index contributed by atoms with van der Waals surface area (Å²) >= 11 is 3.29. The number of ether oxygens (including phenoxy) is 1. The van der Waals surface area contributed by atoms with Crippen LogP contribution in [-0.2, 0) is 9.59 Å². The van der Waals surface area contributed by atoms with Crippen molar-refractivity contribution in [3.05, 3.63) is 48.5 Å². The number of amides is 1. The van der Waals surface area contributed by atoms with Gasteiger partial charge in [-0.25, -0.2) is 0 Å². The lowest BCUT2D eigenvalue weighted by molar-refractivity contribution is -0.123. The van der Waals surface area contributed by atoms with Crippen molar-refractivity contribution in [1.82, 2.24) is 0 Å². The molecule has 0 bridgehead atoms. The van der Waals surface area contributed by atoms with Crippen LogP contribution in [-0.4, -0.2) is 30.7 Å². The average Bonchev–Trinajstić information content (AvgIpc) is 3.03. The fourth-order valence-electron chi connectivity index (χ4n) is 3.90. The van der Waals surface area contributed by atoms with Crippen molar-refractivity contribution in [1.29, 1.82) is 0 Å². The summed E-state index contributed by atoms with van der Waals surface area (Å²) in [6, 6.07) is 12.0. The van der Waals surface area contributed by atoms with Crippen molar-refractivity contribution in [3.63, 3.8) is 0 Å². The molecule has 0 aromatic heterocycles. The number of rotatable bonds is 8. The normalized spacial score (nSPS) is 15.6. The van der Waals surface area contributed by atoms with E-state index in [1.54, 1.807) is 11.8 Å². The number of hydrogen-bond acceptors (Lipinski definition) is 6. The van der Waals surface area contributed by atoms with Gasteiger partial charge in [0.05, 0.1) is 10.6 Å². The van der Waals surface area contributed by atoms with Crippen LogP contribution >= 0.6 is 23.5 Å². The van der Waals surface area contributed by atoms with E-state index < -0.39 is 11.2 Å².